The van der Waals surface area contributed by atoms with Crippen molar-refractivity contribution in [2.75, 3.05) is 13.5 Å². The minimum absolute atomic E-state index is 0.111. The monoisotopic (exact) mass is 375 g/mol. The summed E-state index contributed by atoms with van der Waals surface area (Å²) in [7, 11) is 0. The number of hydrogen-bond acceptors (Lipinski definition) is 6. The Morgan fingerprint density at radius 2 is 2.19 bits per heavy atom. The van der Waals surface area contributed by atoms with E-state index in [-0.39, 0.29) is 17.9 Å². The highest BCUT2D eigenvalue weighted by molar-refractivity contribution is 5.73. The second-order valence-electron chi connectivity index (χ2n) is 7.36. The molecule has 0 aromatic heterocycles. The Balaban J connectivity index is 1.82. The molecule has 0 radical (unpaired) electrons. The number of likely N-dealkylation sites (N-methyl/N-ethyl adjacent to an activating group) is 1. The highest BCUT2D eigenvalue weighted by atomic mass is 16.6. The molecule has 6 nitrogen and oxygen atoms in total. The van der Waals surface area contributed by atoms with E-state index in [0.717, 1.165) is 4.90 Å². The second kappa shape index (κ2) is 5.58. The largest absolute Gasteiger partial charge is 0.481 e. The highest BCUT2D eigenvalue weighted by Crippen LogP contribution is 2.62. The first-order valence-corrected chi connectivity index (χ1v) is 8.89. The summed E-state index contributed by atoms with van der Waals surface area (Å²) in [6.45, 7) is -1.96. The Morgan fingerprint density at radius 1 is 1.33 bits per heavy atom. The number of carbonyl (C=O) groups excluding carboxylic acids is 2. The number of nitrogens with zero attached hydrogens (tertiary/aromatic N) is 1. The lowest BCUT2D eigenvalue weighted by Crippen LogP contribution is -2.65. The summed E-state index contributed by atoms with van der Waals surface area (Å²) in [5.41, 5.74) is -0.396. The van der Waals surface area contributed by atoms with Crippen LogP contribution in [0.15, 0.2) is 24.3 Å². The molecule has 0 saturated carbocycles. The molecule has 2 heterocycles. The van der Waals surface area contributed by atoms with Gasteiger partial charge in [0.2, 0.25) is 0 Å². The van der Waals surface area contributed by atoms with Gasteiger partial charge in [0.1, 0.15) is 6.10 Å². The van der Waals surface area contributed by atoms with Crippen LogP contribution in [-0.2, 0) is 26.2 Å². The van der Waals surface area contributed by atoms with E-state index in [1.54, 1.807) is 24.3 Å². The Hall–Kier alpha value is -2.34. The van der Waals surface area contributed by atoms with Gasteiger partial charge in [-0.2, -0.15) is 0 Å². The number of esters is 2. The lowest BCUT2D eigenvalue weighted by Gasteiger charge is -2.56. The van der Waals surface area contributed by atoms with E-state index in [9.17, 15) is 9.59 Å². The zero-order valence-corrected chi connectivity index (χ0v) is 14.9. The quantitative estimate of drug-likeness (QED) is 0.447. The molecule has 1 fully saturated rings. The first-order valence-electron chi connectivity index (χ1n) is 12.0. The lowest BCUT2D eigenvalue weighted by molar-refractivity contribution is -0.152. The highest BCUT2D eigenvalue weighted by Gasteiger charge is 2.65. The summed E-state index contributed by atoms with van der Waals surface area (Å²) in [5, 5.41) is 0. The molecule has 6 atom stereocenters. The third-order valence-corrected chi connectivity index (χ3v) is 5.85. The van der Waals surface area contributed by atoms with Gasteiger partial charge in [0.25, 0.3) is 0 Å². The van der Waals surface area contributed by atoms with Gasteiger partial charge >= 0.3 is 11.9 Å². The average Bonchev–Trinajstić information content (AvgIpc) is 3.05. The van der Waals surface area contributed by atoms with Gasteiger partial charge in [0.05, 0.1) is 0 Å². The fourth-order valence-corrected chi connectivity index (χ4v) is 4.98. The SMILES string of the molecule is [2H][C@@H]1N(C([2H])([2H])[2H])[C@@H]2Cc3ccc(OC(C)=O)c4c3[C@@]3([C@H]2C=C[C@H](OC(C)=O)[C@@H]3O4)C1([2H])[2H]. The molecule has 1 aromatic rings. The van der Waals surface area contributed by atoms with Crippen LogP contribution in [0.3, 0.4) is 0 Å². The van der Waals surface area contributed by atoms with Gasteiger partial charge in [-0.3, -0.25) is 9.59 Å². The van der Waals surface area contributed by atoms with Crippen molar-refractivity contribution in [2.24, 2.45) is 5.92 Å². The van der Waals surface area contributed by atoms with Gasteiger partial charge in [0, 0.05) is 45.0 Å². The molecular weight excluding hydrogens is 346 g/mol. The fraction of sp³-hybridized carbons (Fsp3) is 0.524. The van der Waals surface area contributed by atoms with Gasteiger partial charge in [-0.25, -0.2) is 0 Å². The molecule has 1 saturated heterocycles. The third-order valence-electron chi connectivity index (χ3n) is 5.85. The van der Waals surface area contributed by atoms with Crippen molar-refractivity contribution < 1.29 is 32.0 Å². The molecule has 0 amide bonds. The van der Waals surface area contributed by atoms with Crippen molar-refractivity contribution in [3.63, 3.8) is 0 Å². The number of rotatable bonds is 2. The van der Waals surface area contributed by atoms with Crippen LogP contribution < -0.4 is 9.47 Å². The predicted octanol–water partition coefficient (Wildman–Crippen LogP) is 1.99. The van der Waals surface area contributed by atoms with E-state index in [4.69, 9.17) is 22.4 Å². The van der Waals surface area contributed by atoms with Crippen molar-refractivity contribution in [1.82, 2.24) is 4.90 Å². The van der Waals surface area contributed by atoms with Crippen molar-refractivity contribution in [3.8, 4) is 11.5 Å². The van der Waals surface area contributed by atoms with Gasteiger partial charge in [0.15, 0.2) is 17.6 Å². The summed E-state index contributed by atoms with van der Waals surface area (Å²) in [6, 6.07) is 2.52. The Bertz CT molecular complexity index is 1090. The summed E-state index contributed by atoms with van der Waals surface area (Å²) in [6.07, 6.45) is -0.918. The molecule has 27 heavy (non-hydrogen) atoms. The summed E-state index contributed by atoms with van der Waals surface area (Å²) in [5.74, 6) is -1.56. The predicted molar refractivity (Wildman–Crippen MR) is 96.8 cm³/mol. The maximum atomic E-state index is 11.8. The summed E-state index contributed by atoms with van der Waals surface area (Å²) >= 11 is 0. The van der Waals surface area contributed by atoms with Crippen LogP contribution in [0.2, 0.25) is 0 Å². The number of hydrogen-bond donors (Lipinski definition) is 0. The fourth-order valence-electron chi connectivity index (χ4n) is 4.98. The molecule has 2 aliphatic carbocycles. The molecule has 1 aromatic carbocycles. The van der Waals surface area contributed by atoms with Crippen LogP contribution in [-0.4, -0.2) is 48.6 Å². The molecule has 2 bridgehead atoms. The number of carbonyl (C=O) groups is 2. The third kappa shape index (κ3) is 2.16. The Morgan fingerprint density at radius 3 is 2.93 bits per heavy atom. The second-order valence-corrected chi connectivity index (χ2v) is 7.36. The minimum Gasteiger partial charge on any atom is -0.481 e. The van der Waals surface area contributed by atoms with Crippen LogP contribution >= 0.6 is 0 Å². The van der Waals surface area contributed by atoms with E-state index < -0.39 is 61.4 Å². The Labute approximate surface area is 166 Å². The molecular formula is C21H23NO5. The topological polar surface area (TPSA) is 65.1 Å². The average molecular weight is 375 g/mol. The first-order chi connectivity index (χ1) is 15.3. The van der Waals surface area contributed by atoms with Gasteiger partial charge < -0.3 is 19.1 Å². The number of likely N-dealkylation sites (tertiary alicyclic amines) is 1. The van der Waals surface area contributed by atoms with Crippen molar-refractivity contribution in [2.45, 2.75) is 50.3 Å². The van der Waals surface area contributed by atoms with Crippen LogP contribution in [0.4, 0.5) is 0 Å². The van der Waals surface area contributed by atoms with Gasteiger partial charge in [-0.1, -0.05) is 12.1 Å². The molecule has 2 aliphatic heterocycles. The van der Waals surface area contributed by atoms with Crippen molar-refractivity contribution >= 4 is 11.9 Å². The number of benzene rings is 1. The van der Waals surface area contributed by atoms with Crippen LogP contribution in [0.5, 0.6) is 11.5 Å². The molecule has 142 valence electrons. The van der Waals surface area contributed by atoms with E-state index >= 15 is 0 Å². The summed E-state index contributed by atoms with van der Waals surface area (Å²) < 4.78 is 68.2. The van der Waals surface area contributed by atoms with Crippen LogP contribution in [0.1, 0.15) is 39.6 Å². The minimum atomic E-state index is -2.69. The maximum Gasteiger partial charge on any atom is 0.308 e. The maximum absolute atomic E-state index is 11.8. The zero-order valence-electron chi connectivity index (χ0n) is 20.9. The molecule has 1 spiro atoms. The number of ether oxygens (including phenoxy) is 3. The van der Waals surface area contributed by atoms with Crippen LogP contribution in [0.25, 0.3) is 0 Å². The van der Waals surface area contributed by atoms with Crippen LogP contribution in [0, 0.1) is 5.92 Å². The standard InChI is InChI=1S/C21H23NO5/c1-11(23)25-16-6-4-13-10-15-14-5-7-17(26-12(2)24)20-21(14,8-9-22(15)3)18(13)19(16)27-20/h4-7,14-15,17,20H,8-10H2,1-3H3/t14-,15+,17-,20-,21-/m0/s1/i3D3,8D2,9D/t9-,14-,15+,17-,20-,21-. The summed E-state index contributed by atoms with van der Waals surface area (Å²) in [4.78, 5) is 24.5. The molecule has 5 rings (SSSR count). The van der Waals surface area contributed by atoms with E-state index in [1.165, 1.54) is 13.8 Å². The smallest absolute Gasteiger partial charge is 0.308 e. The van der Waals surface area contributed by atoms with E-state index in [0.29, 0.717) is 11.1 Å². The molecule has 0 N–H and O–H groups in total. The van der Waals surface area contributed by atoms with Crippen molar-refractivity contribution in [1.29, 1.82) is 0 Å². The Kier molecular flexibility index (Phi) is 2.37. The zero-order chi connectivity index (χ0) is 24.1. The lowest BCUT2D eigenvalue weighted by atomic mass is 9.53. The number of piperidine rings is 1. The van der Waals surface area contributed by atoms with E-state index in [2.05, 4.69) is 0 Å². The van der Waals surface area contributed by atoms with Gasteiger partial charge in [-0.15, -0.1) is 0 Å². The molecule has 4 aliphatic rings. The molecule has 0 unspecified atom stereocenters. The van der Waals surface area contributed by atoms with Gasteiger partial charge in [-0.05, 0) is 44.0 Å². The van der Waals surface area contributed by atoms with E-state index in [1.807, 2.05) is 0 Å². The van der Waals surface area contributed by atoms with Crippen molar-refractivity contribution in [3.05, 3.63) is 35.4 Å². The normalized spacial score (nSPS) is 43.6. The molecule has 6 heteroatoms. The first kappa shape index (κ1) is 11.5.